The van der Waals surface area contributed by atoms with Gasteiger partial charge in [0.2, 0.25) is 0 Å². The van der Waals surface area contributed by atoms with E-state index in [1.54, 1.807) is 23.5 Å². The van der Waals surface area contributed by atoms with Crippen LogP contribution in [0.25, 0.3) is 11.6 Å². The lowest BCUT2D eigenvalue weighted by atomic mass is 9.92. The van der Waals surface area contributed by atoms with Crippen molar-refractivity contribution in [3.8, 4) is 5.75 Å². The number of benzene rings is 3. The van der Waals surface area contributed by atoms with Gasteiger partial charge in [0.05, 0.1) is 0 Å². The van der Waals surface area contributed by atoms with Crippen LogP contribution in [0.5, 0.6) is 5.75 Å². The van der Waals surface area contributed by atoms with E-state index in [9.17, 15) is 5.21 Å². The van der Waals surface area contributed by atoms with E-state index >= 15 is 0 Å². The summed E-state index contributed by atoms with van der Waals surface area (Å²) in [6, 6.07) is 27.0. The van der Waals surface area contributed by atoms with E-state index in [1.807, 2.05) is 84.3 Å². The second-order valence-corrected chi connectivity index (χ2v) is 9.89. The SMILES string of the molecule is O/N=C1C(=C\c2cccs2)/OC/1=C(\Cc1ccc(Cl)cc1Cl)c1ccccc1OCc1ccccc1. The third-order valence-corrected chi connectivity index (χ3v) is 7.09. The maximum absolute atomic E-state index is 9.89. The summed E-state index contributed by atoms with van der Waals surface area (Å²) in [4.78, 5) is 0.999. The summed E-state index contributed by atoms with van der Waals surface area (Å²) in [6.07, 6.45) is 2.27. The van der Waals surface area contributed by atoms with Gasteiger partial charge >= 0.3 is 0 Å². The molecule has 3 aromatic carbocycles. The first kappa shape index (κ1) is 24.2. The quantitative estimate of drug-likeness (QED) is 0.191. The smallest absolute Gasteiger partial charge is 0.188 e. The molecule has 1 aliphatic rings. The lowest BCUT2D eigenvalue weighted by molar-refractivity contribution is 0.275. The molecular formula is C29H21Cl2NO3S. The van der Waals surface area contributed by atoms with Crippen LogP contribution in [0.4, 0.5) is 0 Å². The van der Waals surface area contributed by atoms with Crippen LogP contribution in [0, 0.1) is 0 Å². The molecule has 0 bridgehead atoms. The normalized spacial score (nSPS) is 16.5. The largest absolute Gasteiger partial charge is 0.488 e. The number of halogens is 2. The van der Waals surface area contributed by atoms with Gasteiger partial charge < -0.3 is 14.7 Å². The van der Waals surface area contributed by atoms with Crippen molar-refractivity contribution in [3.05, 3.63) is 133 Å². The fraction of sp³-hybridized carbons (Fsp3) is 0.0690. The summed E-state index contributed by atoms with van der Waals surface area (Å²) in [7, 11) is 0. The van der Waals surface area contributed by atoms with Crippen LogP contribution in [-0.4, -0.2) is 10.9 Å². The molecule has 2 heterocycles. The first-order valence-electron chi connectivity index (χ1n) is 11.2. The van der Waals surface area contributed by atoms with Crippen molar-refractivity contribution in [1.29, 1.82) is 0 Å². The van der Waals surface area contributed by atoms with Crippen molar-refractivity contribution in [2.45, 2.75) is 13.0 Å². The van der Waals surface area contributed by atoms with Crippen LogP contribution in [0.15, 0.2) is 107 Å². The van der Waals surface area contributed by atoms with Crippen LogP contribution in [0.3, 0.4) is 0 Å². The van der Waals surface area contributed by atoms with Crippen molar-refractivity contribution in [3.63, 3.8) is 0 Å². The number of para-hydroxylation sites is 1. The van der Waals surface area contributed by atoms with Crippen molar-refractivity contribution < 1.29 is 14.7 Å². The van der Waals surface area contributed by atoms with Crippen LogP contribution < -0.4 is 4.74 Å². The third-order valence-electron chi connectivity index (χ3n) is 5.68. The molecule has 36 heavy (non-hydrogen) atoms. The minimum Gasteiger partial charge on any atom is -0.488 e. The molecule has 0 radical (unpaired) electrons. The highest BCUT2D eigenvalue weighted by atomic mass is 35.5. The predicted octanol–water partition coefficient (Wildman–Crippen LogP) is 8.49. The molecule has 0 spiro atoms. The Kier molecular flexibility index (Phi) is 7.42. The minimum atomic E-state index is 0.376. The molecule has 0 saturated carbocycles. The van der Waals surface area contributed by atoms with Gasteiger partial charge in [-0.2, -0.15) is 0 Å². The lowest BCUT2D eigenvalue weighted by Gasteiger charge is -2.28. The fourth-order valence-electron chi connectivity index (χ4n) is 3.90. The molecule has 180 valence electrons. The highest BCUT2D eigenvalue weighted by Crippen LogP contribution is 2.40. The Morgan fingerprint density at radius 2 is 1.78 bits per heavy atom. The van der Waals surface area contributed by atoms with Crippen LogP contribution in [0.1, 0.15) is 21.6 Å². The topological polar surface area (TPSA) is 51.1 Å². The van der Waals surface area contributed by atoms with Gasteiger partial charge in [-0.3, -0.25) is 0 Å². The zero-order chi connectivity index (χ0) is 24.9. The number of nitrogens with zero attached hydrogens (tertiary/aromatic N) is 1. The molecule has 0 amide bonds. The van der Waals surface area contributed by atoms with E-state index in [1.165, 1.54) is 0 Å². The molecule has 1 aliphatic heterocycles. The molecule has 1 aromatic heterocycles. The maximum atomic E-state index is 9.89. The van der Waals surface area contributed by atoms with Gasteiger partial charge in [-0.1, -0.05) is 89.0 Å². The summed E-state index contributed by atoms with van der Waals surface area (Å²) >= 11 is 14.2. The predicted molar refractivity (Wildman–Crippen MR) is 147 cm³/mol. The summed E-state index contributed by atoms with van der Waals surface area (Å²) in [5.41, 5.74) is 3.91. The van der Waals surface area contributed by atoms with Gasteiger partial charge in [0, 0.05) is 38.6 Å². The number of oxime groups is 1. The number of hydrogen-bond acceptors (Lipinski definition) is 5. The fourth-order valence-corrected chi connectivity index (χ4v) is 5.02. The molecule has 4 nitrogen and oxygen atoms in total. The van der Waals surface area contributed by atoms with Crippen LogP contribution >= 0.6 is 34.5 Å². The van der Waals surface area contributed by atoms with Crippen molar-refractivity contribution in [2.24, 2.45) is 5.16 Å². The highest BCUT2D eigenvalue weighted by molar-refractivity contribution is 7.10. The van der Waals surface area contributed by atoms with Crippen molar-refractivity contribution in [1.82, 2.24) is 0 Å². The van der Waals surface area contributed by atoms with Gasteiger partial charge in [-0.25, -0.2) is 0 Å². The molecule has 0 unspecified atom stereocenters. The standard InChI is InChI=1S/C29H21Cl2NO3S/c30-21-13-12-20(25(31)16-21)15-24(29-28(32-33)27(35-29)17-22-9-6-14-36-22)23-10-4-5-11-26(23)34-18-19-7-2-1-3-8-19/h1-14,16-17,33H,15,18H2/b27-17+,29-24+,32-28-. The van der Waals surface area contributed by atoms with Gasteiger partial charge in [0.1, 0.15) is 12.4 Å². The zero-order valence-corrected chi connectivity index (χ0v) is 21.4. The zero-order valence-electron chi connectivity index (χ0n) is 19.0. The van der Waals surface area contributed by atoms with Gasteiger partial charge in [0.15, 0.2) is 17.2 Å². The van der Waals surface area contributed by atoms with E-state index in [2.05, 4.69) is 5.16 Å². The number of allylic oxidation sites excluding steroid dienone is 1. The number of thiophene rings is 1. The van der Waals surface area contributed by atoms with Gasteiger partial charge in [-0.15, -0.1) is 11.3 Å². The lowest BCUT2D eigenvalue weighted by Crippen LogP contribution is -2.25. The Balaban J connectivity index is 1.56. The Bertz CT molecular complexity index is 1460. The second-order valence-electron chi connectivity index (χ2n) is 8.07. The number of rotatable bonds is 7. The Labute approximate surface area is 223 Å². The molecule has 5 rings (SSSR count). The summed E-state index contributed by atoms with van der Waals surface area (Å²) in [5, 5.41) is 16.5. The van der Waals surface area contributed by atoms with E-state index < -0.39 is 0 Å². The van der Waals surface area contributed by atoms with E-state index in [0.717, 1.165) is 27.1 Å². The third kappa shape index (κ3) is 5.34. The van der Waals surface area contributed by atoms with Crippen LogP contribution in [-0.2, 0) is 17.8 Å². The first-order valence-corrected chi connectivity index (χ1v) is 12.8. The van der Waals surface area contributed by atoms with Crippen molar-refractivity contribution in [2.75, 3.05) is 0 Å². The molecule has 0 atom stereocenters. The molecule has 0 aliphatic carbocycles. The molecule has 4 aromatic rings. The Hall–Kier alpha value is -3.51. The maximum Gasteiger partial charge on any atom is 0.188 e. The molecule has 1 N–H and O–H groups in total. The first-order chi connectivity index (χ1) is 17.6. The molecule has 7 heteroatoms. The van der Waals surface area contributed by atoms with E-state index in [-0.39, 0.29) is 0 Å². The summed E-state index contributed by atoms with van der Waals surface area (Å²) in [6.45, 7) is 0.410. The average Bonchev–Trinajstić information content (AvgIpc) is 3.40. The van der Waals surface area contributed by atoms with Gasteiger partial charge in [-0.05, 0) is 40.8 Å². The summed E-state index contributed by atoms with van der Waals surface area (Å²) in [5.74, 6) is 1.66. The summed E-state index contributed by atoms with van der Waals surface area (Å²) < 4.78 is 12.3. The number of hydrogen-bond donors (Lipinski definition) is 1. The number of ether oxygens (including phenoxy) is 2. The van der Waals surface area contributed by atoms with Crippen molar-refractivity contribution >= 4 is 51.9 Å². The molecule has 1 saturated heterocycles. The average molecular weight is 534 g/mol. The van der Waals surface area contributed by atoms with Crippen LogP contribution in [0.2, 0.25) is 10.0 Å². The van der Waals surface area contributed by atoms with E-state index in [4.69, 9.17) is 32.7 Å². The molecular weight excluding hydrogens is 513 g/mol. The van der Waals surface area contributed by atoms with Gasteiger partial charge in [0.25, 0.3) is 0 Å². The second kappa shape index (κ2) is 11.0. The Morgan fingerprint density at radius 3 is 2.53 bits per heavy atom. The monoisotopic (exact) mass is 533 g/mol. The molecule has 1 fully saturated rings. The Morgan fingerprint density at radius 1 is 0.972 bits per heavy atom. The minimum absolute atomic E-state index is 0.376. The van der Waals surface area contributed by atoms with E-state index in [0.29, 0.717) is 46.1 Å². The highest BCUT2D eigenvalue weighted by Gasteiger charge is 2.34.